The van der Waals surface area contributed by atoms with Crippen LogP contribution in [-0.4, -0.2) is 30.9 Å². The molecule has 1 unspecified atom stereocenters. The van der Waals surface area contributed by atoms with E-state index in [-0.39, 0.29) is 18.8 Å². The molecule has 22 heavy (non-hydrogen) atoms. The lowest BCUT2D eigenvalue weighted by Gasteiger charge is -2.32. The van der Waals surface area contributed by atoms with Gasteiger partial charge < -0.3 is 19.9 Å². The molecule has 0 aromatic heterocycles. The van der Waals surface area contributed by atoms with Crippen LogP contribution < -0.4 is 10.1 Å². The molecule has 1 saturated heterocycles. The van der Waals surface area contributed by atoms with Crippen LogP contribution in [0.25, 0.3) is 0 Å². The summed E-state index contributed by atoms with van der Waals surface area (Å²) in [6.45, 7) is 2.26. The fourth-order valence-electron chi connectivity index (χ4n) is 2.67. The molecule has 0 spiro atoms. The zero-order chi connectivity index (χ0) is 15.2. The lowest BCUT2D eigenvalue weighted by molar-refractivity contribution is -0.0437. The van der Waals surface area contributed by atoms with Crippen molar-refractivity contribution in [3.05, 3.63) is 65.7 Å². The Morgan fingerprint density at radius 2 is 1.91 bits per heavy atom. The number of ether oxygens (including phenoxy) is 2. The quantitative estimate of drug-likeness (QED) is 0.889. The summed E-state index contributed by atoms with van der Waals surface area (Å²) in [6, 6.07) is 17.6. The summed E-state index contributed by atoms with van der Waals surface area (Å²) in [5.41, 5.74) is 1.86. The molecule has 1 heterocycles. The molecular formula is C18H21NO3. The molecule has 2 aromatic rings. The van der Waals surface area contributed by atoms with Gasteiger partial charge in [0.2, 0.25) is 0 Å². The lowest BCUT2D eigenvalue weighted by atomic mass is 10.0. The summed E-state index contributed by atoms with van der Waals surface area (Å²) < 4.78 is 12.1. The lowest BCUT2D eigenvalue weighted by Crippen LogP contribution is -2.43. The molecule has 1 aliphatic heterocycles. The van der Waals surface area contributed by atoms with Crippen molar-refractivity contribution in [1.29, 1.82) is 0 Å². The minimum atomic E-state index is -0.207. The van der Waals surface area contributed by atoms with Crippen molar-refractivity contribution in [3.63, 3.8) is 0 Å². The normalized spacial score (nSPS) is 19.6. The highest BCUT2D eigenvalue weighted by molar-refractivity contribution is 5.34. The van der Waals surface area contributed by atoms with E-state index < -0.39 is 0 Å². The van der Waals surface area contributed by atoms with Gasteiger partial charge in [0.1, 0.15) is 11.9 Å². The zero-order valence-corrected chi connectivity index (χ0v) is 12.4. The number of benzene rings is 2. The molecule has 0 bridgehead atoms. The SMILES string of the molecule is OCc1ccccc1O[C@@H](c1ccccc1)C1CNCCO1. The standard InChI is InChI=1S/C18H21NO3/c20-13-15-8-4-5-9-16(15)22-18(14-6-2-1-3-7-14)17-12-19-10-11-21-17/h1-9,17-20H,10-13H2/t17?,18-/m0/s1. The number of aliphatic hydroxyl groups excluding tert-OH is 1. The third kappa shape index (κ3) is 3.47. The van der Waals surface area contributed by atoms with Crippen molar-refractivity contribution in [3.8, 4) is 5.75 Å². The highest BCUT2D eigenvalue weighted by Crippen LogP contribution is 2.29. The molecule has 2 atom stereocenters. The first-order valence-electron chi connectivity index (χ1n) is 7.61. The van der Waals surface area contributed by atoms with E-state index in [4.69, 9.17) is 9.47 Å². The van der Waals surface area contributed by atoms with Crippen LogP contribution in [0.15, 0.2) is 54.6 Å². The van der Waals surface area contributed by atoms with Crippen LogP contribution in [0, 0.1) is 0 Å². The monoisotopic (exact) mass is 299 g/mol. The van der Waals surface area contributed by atoms with E-state index in [0.717, 1.165) is 24.2 Å². The first-order valence-corrected chi connectivity index (χ1v) is 7.61. The van der Waals surface area contributed by atoms with Crippen molar-refractivity contribution in [1.82, 2.24) is 5.32 Å². The van der Waals surface area contributed by atoms with E-state index in [1.54, 1.807) is 0 Å². The topological polar surface area (TPSA) is 50.7 Å². The fourth-order valence-corrected chi connectivity index (χ4v) is 2.67. The number of hydrogen-bond donors (Lipinski definition) is 2. The molecular weight excluding hydrogens is 278 g/mol. The van der Waals surface area contributed by atoms with E-state index in [1.807, 2.05) is 54.6 Å². The van der Waals surface area contributed by atoms with Gasteiger partial charge in [-0.2, -0.15) is 0 Å². The molecule has 0 radical (unpaired) electrons. The predicted octanol–water partition coefficient (Wildman–Crippen LogP) is 2.29. The maximum atomic E-state index is 9.49. The maximum absolute atomic E-state index is 9.49. The number of para-hydroxylation sites is 1. The van der Waals surface area contributed by atoms with E-state index >= 15 is 0 Å². The van der Waals surface area contributed by atoms with Gasteiger partial charge in [0, 0.05) is 18.7 Å². The average Bonchev–Trinajstić information content (AvgIpc) is 2.61. The van der Waals surface area contributed by atoms with Crippen molar-refractivity contribution >= 4 is 0 Å². The van der Waals surface area contributed by atoms with Crippen LogP contribution in [0.5, 0.6) is 5.75 Å². The Balaban J connectivity index is 1.88. The summed E-state index contributed by atoms with van der Waals surface area (Å²) >= 11 is 0. The number of nitrogens with one attached hydrogen (secondary N) is 1. The van der Waals surface area contributed by atoms with Crippen molar-refractivity contribution < 1.29 is 14.6 Å². The second-order valence-electron chi connectivity index (χ2n) is 5.33. The highest BCUT2D eigenvalue weighted by atomic mass is 16.5. The minimum Gasteiger partial charge on any atom is -0.483 e. The third-order valence-electron chi connectivity index (χ3n) is 3.82. The van der Waals surface area contributed by atoms with Gasteiger partial charge in [-0.1, -0.05) is 48.5 Å². The van der Waals surface area contributed by atoms with Crippen LogP contribution >= 0.6 is 0 Å². The number of rotatable bonds is 5. The molecule has 4 heteroatoms. The smallest absolute Gasteiger partial charge is 0.151 e. The van der Waals surface area contributed by atoms with E-state index in [0.29, 0.717) is 12.4 Å². The molecule has 116 valence electrons. The second kappa shape index (κ2) is 7.40. The number of hydrogen-bond acceptors (Lipinski definition) is 4. The molecule has 3 rings (SSSR count). The molecule has 1 aliphatic rings. The summed E-state index contributed by atoms with van der Waals surface area (Å²) in [4.78, 5) is 0. The van der Waals surface area contributed by atoms with Crippen molar-refractivity contribution in [2.75, 3.05) is 19.7 Å². The van der Waals surface area contributed by atoms with Crippen molar-refractivity contribution in [2.45, 2.75) is 18.8 Å². The number of aliphatic hydroxyl groups is 1. The Bertz CT molecular complexity index is 582. The summed E-state index contributed by atoms with van der Waals surface area (Å²) in [5.74, 6) is 0.702. The van der Waals surface area contributed by atoms with Gasteiger partial charge in [0.25, 0.3) is 0 Å². The Kier molecular flexibility index (Phi) is 5.06. The van der Waals surface area contributed by atoms with E-state index in [9.17, 15) is 5.11 Å². The Morgan fingerprint density at radius 1 is 1.14 bits per heavy atom. The first kappa shape index (κ1) is 15.0. The van der Waals surface area contributed by atoms with Crippen LogP contribution in [0.3, 0.4) is 0 Å². The average molecular weight is 299 g/mol. The molecule has 0 aliphatic carbocycles. The van der Waals surface area contributed by atoms with E-state index in [1.165, 1.54) is 0 Å². The summed E-state index contributed by atoms with van der Waals surface area (Å²) in [5, 5.41) is 12.8. The molecule has 0 amide bonds. The Morgan fingerprint density at radius 3 is 2.64 bits per heavy atom. The Labute approximate surface area is 130 Å². The van der Waals surface area contributed by atoms with Gasteiger partial charge in [-0.3, -0.25) is 0 Å². The molecule has 0 saturated carbocycles. The Hall–Kier alpha value is -1.88. The van der Waals surface area contributed by atoms with Crippen molar-refractivity contribution in [2.24, 2.45) is 0 Å². The first-order chi connectivity index (χ1) is 10.9. The van der Waals surface area contributed by atoms with E-state index in [2.05, 4.69) is 5.32 Å². The van der Waals surface area contributed by atoms with Gasteiger partial charge in [0.15, 0.2) is 6.10 Å². The largest absolute Gasteiger partial charge is 0.483 e. The molecule has 2 N–H and O–H groups in total. The zero-order valence-electron chi connectivity index (χ0n) is 12.4. The van der Waals surface area contributed by atoms with Gasteiger partial charge in [0.05, 0.1) is 13.2 Å². The molecule has 4 nitrogen and oxygen atoms in total. The van der Waals surface area contributed by atoms with Crippen LogP contribution in [0.4, 0.5) is 0 Å². The fraction of sp³-hybridized carbons (Fsp3) is 0.333. The van der Waals surface area contributed by atoms with Gasteiger partial charge in [-0.05, 0) is 11.6 Å². The summed E-state index contributed by atoms with van der Waals surface area (Å²) in [6.07, 6.45) is -0.260. The van der Waals surface area contributed by atoms with Crippen LogP contribution in [0.1, 0.15) is 17.2 Å². The summed E-state index contributed by atoms with van der Waals surface area (Å²) in [7, 11) is 0. The van der Waals surface area contributed by atoms with Gasteiger partial charge >= 0.3 is 0 Å². The van der Waals surface area contributed by atoms with Crippen LogP contribution in [-0.2, 0) is 11.3 Å². The minimum absolute atomic E-state index is 0.0402. The molecule has 1 fully saturated rings. The molecule has 2 aromatic carbocycles. The third-order valence-corrected chi connectivity index (χ3v) is 3.82. The second-order valence-corrected chi connectivity index (χ2v) is 5.33. The van der Waals surface area contributed by atoms with Gasteiger partial charge in [-0.25, -0.2) is 0 Å². The van der Waals surface area contributed by atoms with Gasteiger partial charge in [-0.15, -0.1) is 0 Å². The van der Waals surface area contributed by atoms with Crippen LogP contribution in [0.2, 0.25) is 0 Å². The predicted molar refractivity (Wildman–Crippen MR) is 84.8 cm³/mol. The maximum Gasteiger partial charge on any atom is 0.151 e. The number of morpholine rings is 1. The highest BCUT2D eigenvalue weighted by Gasteiger charge is 2.28.